The minimum Gasteiger partial charge on any atom is -0.122 e. The van der Waals surface area contributed by atoms with Gasteiger partial charge in [-0.3, -0.25) is 0 Å². The summed E-state index contributed by atoms with van der Waals surface area (Å²) < 4.78 is -1.28. The van der Waals surface area contributed by atoms with Crippen LogP contribution in [0.15, 0.2) is 30.3 Å². The molecule has 0 saturated carbocycles. The Kier molecular flexibility index (Phi) is 6.98. The molecule has 0 unspecified atom stereocenters. The van der Waals surface area contributed by atoms with Gasteiger partial charge in [-0.15, -0.1) is 11.6 Å². The summed E-state index contributed by atoms with van der Waals surface area (Å²) >= 11 is 20.4. The minimum atomic E-state index is -1.28. The number of benzene rings is 1. The number of aryl methyl sites for hydroxylation is 1. The Hall–Kier alpha value is 0.380. The Labute approximate surface area is 98.7 Å². The van der Waals surface area contributed by atoms with Gasteiger partial charge in [0.25, 0.3) is 0 Å². The molecule has 1 aromatic rings. The zero-order chi connectivity index (χ0) is 10.3. The van der Waals surface area contributed by atoms with Crippen molar-refractivity contribution in [3.8, 4) is 0 Å². The van der Waals surface area contributed by atoms with E-state index >= 15 is 0 Å². The molecule has 1 rings (SSSR count). The highest BCUT2D eigenvalue weighted by atomic mass is 35.6. The molecule has 0 aliphatic rings. The highest BCUT2D eigenvalue weighted by Gasteiger charge is 2.16. The molecule has 0 heterocycles. The molecule has 0 aromatic heterocycles. The maximum Gasteiger partial charge on any atom is 0.203 e. The van der Waals surface area contributed by atoms with E-state index in [0.717, 1.165) is 0 Å². The van der Waals surface area contributed by atoms with E-state index in [2.05, 4.69) is 19.1 Å². The molecule has 0 amide bonds. The Balaban J connectivity index is 0.000000226. The summed E-state index contributed by atoms with van der Waals surface area (Å²) in [6, 6.07) is 10.3. The van der Waals surface area contributed by atoms with Crippen molar-refractivity contribution in [3.05, 3.63) is 35.9 Å². The largest absolute Gasteiger partial charge is 0.203 e. The van der Waals surface area contributed by atoms with E-state index in [1.54, 1.807) is 0 Å². The number of alkyl halides is 4. The van der Waals surface area contributed by atoms with Gasteiger partial charge in [0.05, 0.1) is 5.88 Å². The summed E-state index contributed by atoms with van der Waals surface area (Å²) in [5.41, 5.74) is 1.32. The average molecular weight is 260 g/mol. The van der Waals surface area contributed by atoms with Crippen LogP contribution in [0.25, 0.3) is 0 Å². The zero-order valence-corrected chi connectivity index (χ0v) is 10.1. The van der Waals surface area contributed by atoms with Gasteiger partial charge in [0.2, 0.25) is 3.79 Å². The summed E-state index contributed by atoms with van der Waals surface area (Å²) in [6.45, 7) is 2.08. The number of halogens is 4. The molecule has 0 saturated heterocycles. The zero-order valence-electron chi connectivity index (χ0n) is 7.11. The summed E-state index contributed by atoms with van der Waals surface area (Å²) in [7, 11) is 0. The quantitative estimate of drug-likeness (QED) is 0.598. The van der Waals surface area contributed by atoms with E-state index in [4.69, 9.17) is 46.4 Å². The monoisotopic (exact) mass is 258 g/mol. The standard InChI is InChI=1S/C7H8.C2H2Cl4/c1-7-5-3-2-4-6-7;3-1-2(4,5)6/h2-6H,1H3;1H2. The smallest absolute Gasteiger partial charge is 0.122 e. The molecule has 0 atom stereocenters. The van der Waals surface area contributed by atoms with Crippen LogP contribution in [0.4, 0.5) is 0 Å². The predicted octanol–water partition coefficient (Wildman–Crippen LogP) is 4.59. The van der Waals surface area contributed by atoms with Crippen LogP contribution in [-0.4, -0.2) is 9.67 Å². The molecule has 0 fully saturated rings. The fourth-order valence-electron chi connectivity index (χ4n) is 0.534. The van der Waals surface area contributed by atoms with Gasteiger partial charge in [-0.2, -0.15) is 0 Å². The Morgan fingerprint density at radius 1 is 1.08 bits per heavy atom. The normalized spacial score (nSPS) is 10.2. The van der Waals surface area contributed by atoms with Crippen LogP contribution in [0, 0.1) is 6.92 Å². The molecule has 0 N–H and O–H groups in total. The minimum absolute atomic E-state index is 0.0394. The molecule has 4 heteroatoms. The molecule has 0 spiro atoms. The molecule has 13 heavy (non-hydrogen) atoms. The van der Waals surface area contributed by atoms with Gasteiger partial charge in [0.1, 0.15) is 0 Å². The first-order chi connectivity index (χ1) is 5.95. The second-order valence-electron chi connectivity index (χ2n) is 2.40. The lowest BCUT2D eigenvalue weighted by Crippen LogP contribution is -2.01. The fourth-order valence-corrected chi connectivity index (χ4v) is 0.534. The molecule has 1 aromatic carbocycles. The Morgan fingerprint density at radius 3 is 1.62 bits per heavy atom. The molecule has 0 aliphatic carbocycles. The third kappa shape index (κ3) is 10.3. The lowest BCUT2D eigenvalue weighted by atomic mass is 10.2. The van der Waals surface area contributed by atoms with Crippen molar-refractivity contribution in [2.75, 3.05) is 5.88 Å². The van der Waals surface area contributed by atoms with Crippen molar-refractivity contribution in [1.82, 2.24) is 0 Å². The van der Waals surface area contributed by atoms with E-state index in [0.29, 0.717) is 0 Å². The van der Waals surface area contributed by atoms with Crippen molar-refractivity contribution in [1.29, 1.82) is 0 Å². The number of hydrogen-bond donors (Lipinski definition) is 0. The van der Waals surface area contributed by atoms with Crippen LogP contribution in [0.2, 0.25) is 0 Å². The molecule has 0 bridgehead atoms. The molecular weight excluding hydrogens is 250 g/mol. The van der Waals surface area contributed by atoms with Crippen LogP contribution in [-0.2, 0) is 0 Å². The molecule has 0 nitrogen and oxygen atoms in total. The van der Waals surface area contributed by atoms with Gasteiger partial charge in [-0.25, -0.2) is 0 Å². The summed E-state index contributed by atoms with van der Waals surface area (Å²) in [4.78, 5) is 0. The Morgan fingerprint density at radius 2 is 1.46 bits per heavy atom. The van der Waals surface area contributed by atoms with E-state index in [1.807, 2.05) is 18.2 Å². The first-order valence-electron chi connectivity index (χ1n) is 3.60. The van der Waals surface area contributed by atoms with Crippen molar-refractivity contribution >= 4 is 46.4 Å². The first kappa shape index (κ1) is 13.4. The second-order valence-corrected chi connectivity index (χ2v) is 5.19. The van der Waals surface area contributed by atoms with Crippen molar-refractivity contribution in [3.63, 3.8) is 0 Å². The number of hydrogen-bond acceptors (Lipinski definition) is 0. The van der Waals surface area contributed by atoms with Gasteiger partial charge in [0, 0.05) is 0 Å². The van der Waals surface area contributed by atoms with Gasteiger partial charge < -0.3 is 0 Å². The molecule has 74 valence electrons. The van der Waals surface area contributed by atoms with E-state index in [1.165, 1.54) is 5.56 Å². The number of rotatable bonds is 0. The van der Waals surface area contributed by atoms with Gasteiger partial charge in [-0.05, 0) is 6.92 Å². The van der Waals surface area contributed by atoms with Crippen LogP contribution in [0.3, 0.4) is 0 Å². The third-order valence-electron chi connectivity index (χ3n) is 1.09. The highest BCUT2D eigenvalue weighted by Crippen LogP contribution is 2.26. The van der Waals surface area contributed by atoms with Gasteiger partial charge >= 0.3 is 0 Å². The summed E-state index contributed by atoms with van der Waals surface area (Å²) in [5, 5.41) is 0. The van der Waals surface area contributed by atoms with Crippen molar-refractivity contribution < 1.29 is 0 Å². The maximum absolute atomic E-state index is 5.12. The van der Waals surface area contributed by atoms with Gasteiger partial charge in [0.15, 0.2) is 0 Å². The highest BCUT2D eigenvalue weighted by molar-refractivity contribution is 6.69. The molecule has 0 aliphatic heterocycles. The lowest BCUT2D eigenvalue weighted by molar-refractivity contribution is 1.28. The fraction of sp³-hybridized carbons (Fsp3) is 0.333. The third-order valence-corrected chi connectivity index (χ3v) is 2.30. The van der Waals surface area contributed by atoms with Gasteiger partial charge in [-0.1, -0.05) is 70.7 Å². The Bertz CT molecular complexity index is 215. The van der Waals surface area contributed by atoms with Crippen molar-refractivity contribution in [2.24, 2.45) is 0 Å². The topological polar surface area (TPSA) is 0 Å². The van der Waals surface area contributed by atoms with Crippen LogP contribution >= 0.6 is 46.4 Å². The maximum atomic E-state index is 5.12. The summed E-state index contributed by atoms with van der Waals surface area (Å²) in [5.74, 6) is 0.0394. The van der Waals surface area contributed by atoms with Crippen LogP contribution < -0.4 is 0 Å². The average Bonchev–Trinajstić information content (AvgIpc) is 2.06. The van der Waals surface area contributed by atoms with Crippen LogP contribution in [0.1, 0.15) is 5.56 Å². The van der Waals surface area contributed by atoms with Crippen molar-refractivity contribution in [2.45, 2.75) is 10.7 Å². The lowest BCUT2D eigenvalue weighted by Gasteiger charge is -2.00. The van der Waals surface area contributed by atoms with E-state index in [-0.39, 0.29) is 5.88 Å². The molecule has 0 radical (unpaired) electrons. The first-order valence-corrected chi connectivity index (χ1v) is 5.27. The SMILES string of the molecule is Cc1ccccc1.ClCC(Cl)(Cl)Cl. The van der Waals surface area contributed by atoms with Crippen LogP contribution in [0.5, 0.6) is 0 Å². The summed E-state index contributed by atoms with van der Waals surface area (Å²) in [6.07, 6.45) is 0. The predicted molar refractivity (Wildman–Crippen MR) is 62.2 cm³/mol. The second kappa shape index (κ2) is 6.78. The van der Waals surface area contributed by atoms with E-state index < -0.39 is 3.79 Å². The molecular formula is C9H10Cl4. The van der Waals surface area contributed by atoms with E-state index in [9.17, 15) is 0 Å².